The van der Waals surface area contributed by atoms with Crippen LogP contribution in [-0.4, -0.2) is 18.5 Å². The Balaban J connectivity index is 1.69. The number of hydrogen-bond donors (Lipinski definition) is 0. The first-order valence-electron chi connectivity index (χ1n) is 9.69. The Morgan fingerprint density at radius 3 is 2.04 bits per heavy atom. The molecule has 0 aliphatic heterocycles. The summed E-state index contributed by atoms with van der Waals surface area (Å²) in [5, 5.41) is 0. The van der Waals surface area contributed by atoms with Crippen LogP contribution in [0, 0.1) is 17.8 Å². The smallest absolute Gasteiger partial charge is 0.369 e. The van der Waals surface area contributed by atoms with Crippen molar-refractivity contribution in [3.63, 3.8) is 0 Å². The van der Waals surface area contributed by atoms with Crippen LogP contribution in [0.3, 0.4) is 0 Å². The minimum atomic E-state index is -4.26. The van der Waals surface area contributed by atoms with Crippen molar-refractivity contribution in [2.45, 2.75) is 76.6 Å². The minimum absolute atomic E-state index is 0.0484. The summed E-state index contributed by atoms with van der Waals surface area (Å²) in [5.74, 6) is -8.48. The molecule has 0 radical (unpaired) electrons. The summed E-state index contributed by atoms with van der Waals surface area (Å²) >= 11 is 0. The topological polar surface area (TPSA) is 9.23 Å². The number of halogens is 4. The summed E-state index contributed by atoms with van der Waals surface area (Å²) in [6.45, 7) is 1.47. The maximum atomic E-state index is 14.5. The molecule has 1 nitrogen and oxygen atoms in total. The number of allylic oxidation sites excluding steroid dienone is 4. The van der Waals surface area contributed by atoms with Gasteiger partial charge in [-0.05, 0) is 56.4 Å². The van der Waals surface area contributed by atoms with Crippen LogP contribution >= 0.6 is 0 Å². The fraction of sp³-hybridized carbons (Fsp3) is 0.800. The Hall–Kier alpha value is -1.00. The minimum Gasteiger partial charge on any atom is -0.492 e. The Kier molecular flexibility index (Phi) is 5.50. The van der Waals surface area contributed by atoms with E-state index in [2.05, 4.69) is 0 Å². The van der Waals surface area contributed by atoms with Crippen molar-refractivity contribution in [3.8, 4) is 0 Å². The van der Waals surface area contributed by atoms with Gasteiger partial charge in [-0.2, -0.15) is 17.6 Å². The highest BCUT2D eigenvalue weighted by molar-refractivity contribution is 5.36. The van der Waals surface area contributed by atoms with Gasteiger partial charge in [0.15, 0.2) is 5.76 Å². The maximum absolute atomic E-state index is 14.5. The molecule has 0 aromatic heterocycles. The van der Waals surface area contributed by atoms with E-state index in [1.165, 1.54) is 45.1 Å². The summed E-state index contributed by atoms with van der Waals surface area (Å²) in [6, 6.07) is 0. The van der Waals surface area contributed by atoms with Crippen LogP contribution < -0.4 is 0 Å². The number of hydrogen-bond acceptors (Lipinski definition) is 1. The zero-order chi connectivity index (χ0) is 18.1. The monoisotopic (exact) mass is 360 g/mol. The van der Waals surface area contributed by atoms with Gasteiger partial charge in [-0.1, -0.05) is 38.2 Å². The predicted octanol–water partition coefficient (Wildman–Crippen LogP) is 6.50. The van der Waals surface area contributed by atoms with Gasteiger partial charge >= 0.3 is 11.8 Å². The molecule has 0 aromatic carbocycles. The highest BCUT2D eigenvalue weighted by Crippen LogP contribution is 2.53. The lowest BCUT2D eigenvalue weighted by Gasteiger charge is -2.40. The Morgan fingerprint density at radius 1 is 0.840 bits per heavy atom. The van der Waals surface area contributed by atoms with Crippen LogP contribution in [0.4, 0.5) is 17.6 Å². The molecule has 0 unspecified atom stereocenters. The Morgan fingerprint density at radius 2 is 1.44 bits per heavy atom. The molecular weight excluding hydrogens is 332 g/mol. The molecule has 0 aromatic rings. The molecule has 0 heterocycles. The van der Waals surface area contributed by atoms with Gasteiger partial charge in [0.1, 0.15) is 0 Å². The molecule has 5 heteroatoms. The van der Waals surface area contributed by atoms with Crippen LogP contribution in [0.25, 0.3) is 0 Å². The van der Waals surface area contributed by atoms with E-state index in [1.807, 2.05) is 0 Å². The number of ether oxygens (including phenoxy) is 1. The summed E-state index contributed by atoms with van der Waals surface area (Å²) in [4.78, 5) is 0. The summed E-state index contributed by atoms with van der Waals surface area (Å²) < 4.78 is 62.2. The third kappa shape index (κ3) is 3.48. The molecule has 0 atom stereocenters. The SMILES string of the molecule is CCOC1=CC=C(C2CCC(C3CCCCC3)CC2)C(F)(F)C1(F)F. The van der Waals surface area contributed by atoms with E-state index in [-0.39, 0.29) is 6.61 Å². The molecule has 0 bridgehead atoms. The van der Waals surface area contributed by atoms with Crippen molar-refractivity contribution in [2.24, 2.45) is 17.8 Å². The fourth-order valence-corrected chi connectivity index (χ4v) is 4.90. The zero-order valence-electron chi connectivity index (χ0n) is 14.9. The molecular formula is C20H28F4O. The molecule has 0 saturated heterocycles. The van der Waals surface area contributed by atoms with Crippen LogP contribution in [0.5, 0.6) is 0 Å². The van der Waals surface area contributed by atoms with Crippen molar-refractivity contribution < 1.29 is 22.3 Å². The summed E-state index contributed by atoms with van der Waals surface area (Å²) in [7, 11) is 0. The fourth-order valence-electron chi connectivity index (χ4n) is 4.90. The van der Waals surface area contributed by atoms with Crippen molar-refractivity contribution in [1.82, 2.24) is 0 Å². The number of rotatable bonds is 4. The Bertz CT molecular complexity index is 524. The van der Waals surface area contributed by atoms with Crippen molar-refractivity contribution >= 4 is 0 Å². The molecule has 0 amide bonds. The van der Waals surface area contributed by atoms with E-state index in [0.717, 1.165) is 18.9 Å². The van der Waals surface area contributed by atoms with E-state index in [0.29, 0.717) is 24.7 Å². The van der Waals surface area contributed by atoms with E-state index in [9.17, 15) is 17.6 Å². The highest BCUT2D eigenvalue weighted by Gasteiger charge is 2.64. The Labute approximate surface area is 147 Å². The van der Waals surface area contributed by atoms with E-state index < -0.39 is 29.1 Å². The molecule has 0 spiro atoms. The lowest BCUT2D eigenvalue weighted by atomic mass is 9.68. The largest absolute Gasteiger partial charge is 0.492 e. The van der Waals surface area contributed by atoms with Crippen LogP contribution in [0.15, 0.2) is 23.5 Å². The van der Waals surface area contributed by atoms with Gasteiger partial charge in [-0.15, -0.1) is 0 Å². The van der Waals surface area contributed by atoms with E-state index in [4.69, 9.17) is 4.74 Å². The molecule has 2 saturated carbocycles. The molecule has 3 rings (SSSR count). The van der Waals surface area contributed by atoms with Gasteiger partial charge in [-0.25, -0.2) is 0 Å². The lowest BCUT2D eigenvalue weighted by molar-refractivity contribution is -0.189. The summed E-state index contributed by atoms with van der Waals surface area (Å²) in [5.41, 5.74) is -0.400. The van der Waals surface area contributed by atoms with Gasteiger partial charge in [-0.3, -0.25) is 0 Å². The van der Waals surface area contributed by atoms with E-state index >= 15 is 0 Å². The normalized spacial score (nSPS) is 32.7. The van der Waals surface area contributed by atoms with Gasteiger partial charge in [0.25, 0.3) is 0 Å². The van der Waals surface area contributed by atoms with Crippen molar-refractivity contribution in [3.05, 3.63) is 23.5 Å². The predicted molar refractivity (Wildman–Crippen MR) is 89.7 cm³/mol. The average Bonchev–Trinajstić information content (AvgIpc) is 2.61. The van der Waals surface area contributed by atoms with Gasteiger partial charge < -0.3 is 4.74 Å². The van der Waals surface area contributed by atoms with Gasteiger partial charge in [0.2, 0.25) is 0 Å². The molecule has 2 fully saturated rings. The molecule has 25 heavy (non-hydrogen) atoms. The third-order valence-electron chi connectivity index (χ3n) is 6.31. The summed E-state index contributed by atoms with van der Waals surface area (Å²) in [6.07, 6.45) is 11.5. The first-order chi connectivity index (χ1) is 11.9. The third-order valence-corrected chi connectivity index (χ3v) is 6.31. The average molecular weight is 360 g/mol. The van der Waals surface area contributed by atoms with Crippen molar-refractivity contribution in [2.75, 3.05) is 6.61 Å². The first kappa shape index (κ1) is 18.8. The lowest BCUT2D eigenvalue weighted by Crippen LogP contribution is -2.48. The molecule has 3 aliphatic rings. The zero-order valence-corrected chi connectivity index (χ0v) is 14.9. The maximum Gasteiger partial charge on any atom is 0.369 e. The molecule has 0 N–H and O–H groups in total. The van der Waals surface area contributed by atoms with Crippen molar-refractivity contribution in [1.29, 1.82) is 0 Å². The second-order valence-electron chi connectivity index (χ2n) is 7.74. The van der Waals surface area contributed by atoms with E-state index in [1.54, 1.807) is 0 Å². The molecule has 142 valence electrons. The highest BCUT2D eigenvalue weighted by atomic mass is 19.3. The second-order valence-corrected chi connectivity index (χ2v) is 7.74. The van der Waals surface area contributed by atoms with Gasteiger partial charge in [0.05, 0.1) is 6.61 Å². The molecule has 3 aliphatic carbocycles. The quantitative estimate of drug-likeness (QED) is 0.520. The van der Waals surface area contributed by atoms with Gasteiger partial charge in [0, 0.05) is 5.57 Å². The van der Waals surface area contributed by atoms with Crippen LogP contribution in [-0.2, 0) is 4.74 Å². The second kappa shape index (κ2) is 7.32. The first-order valence-corrected chi connectivity index (χ1v) is 9.69. The van der Waals surface area contributed by atoms with Crippen LogP contribution in [0.2, 0.25) is 0 Å². The standard InChI is InChI=1S/C20H28F4O/c1-2-25-18-13-12-17(19(21,22)20(18,23)24)16-10-8-15(9-11-16)14-6-4-3-5-7-14/h12-16H,2-11H2,1H3. The number of alkyl halides is 4. The van der Waals surface area contributed by atoms with Crippen LogP contribution in [0.1, 0.15) is 64.7 Å².